The first-order valence-corrected chi connectivity index (χ1v) is 10.4. The molecule has 3 aromatic heterocycles. The van der Waals surface area contributed by atoms with Gasteiger partial charge in [-0.1, -0.05) is 25.1 Å². The van der Waals surface area contributed by atoms with Crippen LogP contribution in [0.1, 0.15) is 18.4 Å². The number of nitrogens with zero attached hydrogens (tertiary/aromatic N) is 5. The fraction of sp³-hybridized carbons (Fsp3) is 0.304. The number of benzene rings is 1. The molecule has 9 heteroatoms. The summed E-state index contributed by atoms with van der Waals surface area (Å²) in [6.45, 7) is 2.67. The number of aliphatic hydroxyl groups excluding tert-OH is 2. The molecule has 32 heavy (non-hydrogen) atoms. The molecular formula is C23H26N6O3. The molecule has 1 aromatic carbocycles. The number of fused-ring (bicyclic) bond motifs is 1. The molecule has 0 bridgehead atoms. The van der Waals surface area contributed by atoms with E-state index in [1.54, 1.807) is 24.2 Å². The third-order valence-electron chi connectivity index (χ3n) is 5.29. The lowest BCUT2D eigenvalue weighted by Crippen LogP contribution is -2.20. The number of methoxy groups -OCH3 is 1. The lowest BCUT2D eigenvalue weighted by molar-refractivity contribution is 0.0792. The molecule has 0 aliphatic heterocycles. The number of pyridine rings is 1. The van der Waals surface area contributed by atoms with Crippen LogP contribution in [0.4, 0.5) is 5.82 Å². The first-order chi connectivity index (χ1) is 15.6. The molecule has 4 rings (SSSR count). The standard InChI is InChI=1S/C23H26N6O3/c1-15(19-5-3-4-6-21(19)32-2)9-24-22-8-20(26-14-27-22)16-7-17-11-28-29(12-18(31)13-30)23(17)25-10-16/h3-8,10-11,14-15,18,30-31H,9,12-13H2,1-2H3,(H,24,26,27)/t15-,18-/m1/s1. The summed E-state index contributed by atoms with van der Waals surface area (Å²) in [6, 6.07) is 11.8. The van der Waals surface area contributed by atoms with Crippen molar-refractivity contribution in [2.75, 3.05) is 25.6 Å². The van der Waals surface area contributed by atoms with Crippen LogP contribution in [0, 0.1) is 0 Å². The van der Waals surface area contributed by atoms with Crippen molar-refractivity contribution in [2.24, 2.45) is 0 Å². The number of hydrogen-bond donors (Lipinski definition) is 3. The van der Waals surface area contributed by atoms with Crippen LogP contribution in [0.2, 0.25) is 0 Å². The minimum Gasteiger partial charge on any atom is -0.496 e. The van der Waals surface area contributed by atoms with Crippen molar-refractivity contribution >= 4 is 16.9 Å². The van der Waals surface area contributed by atoms with Crippen LogP contribution in [0.15, 0.2) is 55.1 Å². The molecule has 0 amide bonds. The average Bonchev–Trinajstić information content (AvgIpc) is 3.24. The second kappa shape index (κ2) is 9.71. The zero-order valence-electron chi connectivity index (χ0n) is 18.0. The molecule has 0 aliphatic rings. The van der Waals surface area contributed by atoms with Gasteiger partial charge >= 0.3 is 0 Å². The molecular weight excluding hydrogens is 408 g/mol. The van der Waals surface area contributed by atoms with E-state index in [1.165, 1.54) is 6.33 Å². The van der Waals surface area contributed by atoms with Gasteiger partial charge in [-0.25, -0.2) is 19.6 Å². The summed E-state index contributed by atoms with van der Waals surface area (Å²) in [5.41, 5.74) is 3.35. The maximum Gasteiger partial charge on any atom is 0.157 e. The third kappa shape index (κ3) is 4.68. The maximum absolute atomic E-state index is 9.67. The summed E-state index contributed by atoms with van der Waals surface area (Å²) in [7, 11) is 1.68. The van der Waals surface area contributed by atoms with Gasteiger partial charge in [-0.05, 0) is 17.7 Å². The molecule has 9 nitrogen and oxygen atoms in total. The highest BCUT2D eigenvalue weighted by atomic mass is 16.5. The smallest absolute Gasteiger partial charge is 0.157 e. The van der Waals surface area contributed by atoms with E-state index >= 15 is 0 Å². The minimum atomic E-state index is -0.881. The van der Waals surface area contributed by atoms with E-state index < -0.39 is 6.10 Å². The minimum absolute atomic E-state index is 0.179. The summed E-state index contributed by atoms with van der Waals surface area (Å²) >= 11 is 0. The molecule has 0 radical (unpaired) electrons. The number of hydrogen-bond acceptors (Lipinski definition) is 8. The second-order valence-electron chi connectivity index (χ2n) is 7.61. The van der Waals surface area contributed by atoms with Crippen LogP contribution in [0.5, 0.6) is 5.75 Å². The first kappa shape index (κ1) is 21.7. The van der Waals surface area contributed by atoms with Gasteiger partial charge < -0.3 is 20.3 Å². The molecule has 0 fully saturated rings. The zero-order valence-corrected chi connectivity index (χ0v) is 18.0. The average molecular weight is 435 g/mol. The Bertz CT molecular complexity index is 1200. The van der Waals surface area contributed by atoms with Crippen LogP contribution >= 0.6 is 0 Å². The highest BCUT2D eigenvalue weighted by Gasteiger charge is 2.13. The number of aliphatic hydroxyl groups is 2. The van der Waals surface area contributed by atoms with E-state index in [4.69, 9.17) is 9.84 Å². The highest BCUT2D eigenvalue weighted by molar-refractivity contribution is 5.80. The van der Waals surface area contributed by atoms with Crippen molar-refractivity contribution in [3.8, 4) is 17.0 Å². The van der Waals surface area contributed by atoms with Gasteiger partial charge in [0.05, 0.1) is 38.3 Å². The number of anilines is 1. The van der Waals surface area contributed by atoms with Crippen molar-refractivity contribution in [3.63, 3.8) is 0 Å². The quantitative estimate of drug-likeness (QED) is 0.368. The van der Waals surface area contributed by atoms with Crippen LogP contribution in [-0.2, 0) is 6.54 Å². The van der Waals surface area contributed by atoms with Crippen molar-refractivity contribution in [2.45, 2.75) is 25.5 Å². The van der Waals surface area contributed by atoms with E-state index in [2.05, 4.69) is 38.4 Å². The van der Waals surface area contributed by atoms with Gasteiger partial charge in [0.25, 0.3) is 0 Å². The Morgan fingerprint density at radius 2 is 1.97 bits per heavy atom. The predicted octanol–water partition coefficient (Wildman–Crippen LogP) is 2.47. The molecule has 0 aliphatic carbocycles. The fourth-order valence-electron chi connectivity index (χ4n) is 3.56. The van der Waals surface area contributed by atoms with Crippen LogP contribution in [0.3, 0.4) is 0 Å². The predicted molar refractivity (Wildman–Crippen MR) is 122 cm³/mol. The van der Waals surface area contributed by atoms with Gasteiger partial charge in [0, 0.05) is 35.7 Å². The van der Waals surface area contributed by atoms with Gasteiger partial charge in [0.15, 0.2) is 5.65 Å². The lowest BCUT2D eigenvalue weighted by Gasteiger charge is -2.16. The number of rotatable bonds is 9. The maximum atomic E-state index is 9.67. The Labute approximate surface area is 185 Å². The number of aromatic nitrogens is 5. The molecule has 166 valence electrons. The molecule has 0 spiro atoms. The first-order valence-electron chi connectivity index (χ1n) is 10.4. The van der Waals surface area contributed by atoms with Crippen molar-refractivity contribution < 1.29 is 14.9 Å². The molecule has 0 saturated heterocycles. The monoisotopic (exact) mass is 434 g/mol. The van der Waals surface area contributed by atoms with E-state index in [0.717, 1.165) is 33.8 Å². The Hall–Kier alpha value is -3.56. The molecule has 3 N–H and O–H groups in total. The van der Waals surface area contributed by atoms with Crippen LogP contribution < -0.4 is 10.1 Å². The number of nitrogens with one attached hydrogen (secondary N) is 1. The van der Waals surface area contributed by atoms with Crippen molar-refractivity contribution in [1.29, 1.82) is 0 Å². The SMILES string of the molecule is COc1ccccc1[C@H](C)CNc1cc(-c2cnc3c(cnn3C[C@@H](O)CO)c2)ncn1. The lowest BCUT2D eigenvalue weighted by atomic mass is 10.00. The van der Waals surface area contributed by atoms with Gasteiger partial charge in [-0.2, -0.15) is 5.10 Å². The van der Waals surface area contributed by atoms with Crippen molar-refractivity contribution in [3.05, 3.63) is 60.7 Å². The molecule has 0 unspecified atom stereocenters. The normalized spacial score (nSPS) is 13.1. The molecule has 2 atom stereocenters. The van der Waals surface area contributed by atoms with Crippen molar-refractivity contribution in [1.82, 2.24) is 24.7 Å². The Kier molecular flexibility index (Phi) is 6.58. The summed E-state index contributed by atoms with van der Waals surface area (Å²) in [6.07, 6.45) is 4.05. The third-order valence-corrected chi connectivity index (χ3v) is 5.29. The van der Waals surface area contributed by atoms with E-state index in [-0.39, 0.29) is 19.1 Å². The van der Waals surface area contributed by atoms with Gasteiger partial charge in [-0.15, -0.1) is 0 Å². The summed E-state index contributed by atoms with van der Waals surface area (Å²) in [4.78, 5) is 13.2. The zero-order chi connectivity index (χ0) is 22.5. The number of ether oxygens (including phenoxy) is 1. The Morgan fingerprint density at radius 3 is 2.78 bits per heavy atom. The topological polar surface area (TPSA) is 118 Å². The Balaban J connectivity index is 1.49. The van der Waals surface area contributed by atoms with Crippen LogP contribution in [0.25, 0.3) is 22.3 Å². The number of para-hydroxylation sites is 1. The van der Waals surface area contributed by atoms with Gasteiger partial charge in [0.2, 0.25) is 0 Å². The summed E-state index contributed by atoms with van der Waals surface area (Å²) < 4.78 is 7.04. The summed E-state index contributed by atoms with van der Waals surface area (Å²) in [5.74, 6) is 1.82. The molecule has 3 heterocycles. The highest BCUT2D eigenvalue weighted by Crippen LogP contribution is 2.27. The molecule has 4 aromatic rings. The van der Waals surface area contributed by atoms with Crippen LogP contribution in [-0.4, -0.2) is 61.3 Å². The van der Waals surface area contributed by atoms with Gasteiger partial charge in [0.1, 0.15) is 17.9 Å². The van der Waals surface area contributed by atoms with E-state index in [1.807, 2.05) is 30.3 Å². The molecule has 0 saturated carbocycles. The van der Waals surface area contributed by atoms with E-state index in [0.29, 0.717) is 12.2 Å². The van der Waals surface area contributed by atoms with E-state index in [9.17, 15) is 5.11 Å². The Morgan fingerprint density at radius 1 is 1.12 bits per heavy atom. The fourth-order valence-corrected chi connectivity index (χ4v) is 3.56. The van der Waals surface area contributed by atoms with Gasteiger partial charge in [-0.3, -0.25) is 0 Å². The largest absolute Gasteiger partial charge is 0.496 e. The second-order valence-corrected chi connectivity index (χ2v) is 7.61. The summed E-state index contributed by atoms with van der Waals surface area (Å²) in [5, 5.41) is 27.2.